The molecule has 3 rings (SSSR count). The second kappa shape index (κ2) is 5.14. The number of nitrogens with one attached hydrogen (secondary N) is 2. The first kappa shape index (κ1) is 14.1. The summed E-state index contributed by atoms with van der Waals surface area (Å²) >= 11 is 12.4. The van der Waals surface area contributed by atoms with E-state index in [-0.39, 0.29) is 0 Å². The van der Waals surface area contributed by atoms with E-state index >= 15 is 0 Å². The van der Waals surface area contributed by atoms with Gasteiger partial charge in [0.1, 0.15) is 0 Å². The second-order valence-corrected chi connectivity index (χ2v) is 13.7. The van der Waals surface area contributed by atoms with Crippen molar-refractivity contribution in [2.75, 3.05) is 26.3 Å². The van der Waals surface area contributed by atoms with E-state index in [1.165, 1.54) is 0 Å². The van der Waals surface area contributed by atoms with Crippen LogP contribution in [0.1, 0.15) is 12.8 Å². The molecule has 2 spiro atoms. The molecule has 0 radical (unpaired) electrons. The lowest BCUT2D eigenvalue weighted by Gasteiger charge is -2.35. The minimum atomic E-state index is -2.78. The molecule has 0 bridgehead atoms. The number of hydrogen-bond acceptors (Lipinski definition) is 7. The van der Waals surface area contributed by atoms with E-state index < -0.39 is 21.1 Å². The first-order valence-electron chi connectivity index (χ1n) is 5.63. The van der Waals surface area contributed by atoms with Gasteiger partial charge >= 0.3 is 0 Å². The fourth-order valence-electron chi connectivity index (χ4n) is 1.81. The standard InChI is InChI=1S/C6H14Cl2N5O2P3/c7-16(8)11-17(9-3-1-5-14-17)13-18(12-16)10-4-2-6-15-18/h9-10H,1-6H2. The van der Waals surface area contributed by atoms with Gasteiger partial charge in [0.05, 0.1) is 13.2 Å². The van der Waals surface area contributed by atoms with Gasteiger partial charge in [-0.05, 0) is 35.3 Å². The maximum absolute atomic E-state index is 6.22. The van der Waals surface area contributed by atoms with Crippen LogP contribution in [-0.4, -0.2) is 26.3 Å². The van der Waals surface area contributed by atoms with Gasteiger partial charge in [0.25, 0.3) is 21.1 Å². The molecule has 7 nitrogen and oxygen atoms in total. The first-order valence-corrected chi connectivity index (χ1v) is 12.4. The van der Waals surface area contributed by atoms with Crippen LogP contribution in [0, 0.1) is 0 Å². The zero-order chi connectivity index (χ0) is 12.7. The lowest BCUT2D eigenvalue weighted by molar-refractivity contribution is 0.301. The fourth-order valence-corrected chi connectivity index (χ4v) is 13.8. The Morgan fingerprint density at radius 2 is 1.39 bits per heavy atom. The second-order valence-electron chi connectivity index (χ2n) is 4.00. The SMILES string of the molecule is ClP1(Cl)=NP2(=NP3(=N1)NCCCO3)NCCCO2. The molecule has 2 unspecified atom stereocenters. The summed E-state index contributed by atoms with van der Waals surface area (Å²) in [6.45, 7) is 2.83. The minimum absolute atomic E-state index is 0.613. The van der Waals surface area contributed by atoms with Gasteiger partial charge in [-0.1, -0.05) is 0 Å². The molecule has 3 aliphatic rings. The van der Waals surface area contributed by atoms with Crippen LogP contribution in [0.2, 0.25) is 0 Å². The highest BCUT2D eigenvalue weighted by atomic mass is 35.9. The summed E-state index contributed by atoms with van der Waals surface area (Å²) in [6, 6.07) is 0. The number of hydrogen-bond donors (Lipinski definition) is 2. The topological polar surface area (TPSA) is 79.6 Å². The van der Waals surface area contributed by atoms with Crippen LogP contribution in [0.15, 0.2) is 13.5 Å². The van der Waals surface area contributed by atoms with E-state index in [4.69, 9.17) is 31.5 Å². The number of halogens is 2. The van der Waals surface area contributed by atoms with Crippen molar-refractivity contribution in [2.24, 2.45) is 13.5 Å². The maximum Gasteiger partial charge on any atom is 0.280 e. The molecule has 0 amide bonds. The highest BCUT2D eigenvalue weighted by molar-refractivity contribution is 8.13. The van der Waals surface area contributed by atoms with Crippen molar-refractivity contribution < 1.29 is 9.05 Å². The predicted molar refractivity (Wildman–Crippen MR) is 76.9 cm³/mol. The average Bonchev–Trinajstić information content (AvgIpc) is 2.27. The minimum Gasteiger partial charge on any atom is -0.316 e. The van der Waals surface area contributed by atoms with E-state index in [1.54, 1.807) is 0 Å². The van der Waals surface area contributed by atoms with Gasteiger partial charge in [0.15, 0.2) is 0 Å². The summed E-state index contributed by atoms with van der Waals surface area (Å²) < 4.78 is 24.8. The van der Waals surface area contributed by atoms with Crippen molar-refractivity contribution in [3.8, 4) is 0 Å². The average molecular weight is 352 g/mol. The molecule has 3 heterocycles. The number of nitrogens with zero attached hydrogens (tertiary/aromatic N) is 3. The van der Waals surface area contributed by atoms with Gasteiger partial charge in [0, 0.05) is 13.1 Å². The maximum atomic E-state index is 6.22. The molecule has 2 atom stereocenters. The molecule has 2 N–H and O–H groups in total. The molecule has 0 aromatic rings. The Kier molecular flexibility index (Phi) is 4.02. The lowest BCUT2D eigenvalue weighted by atomic mass is 10.5. The van der Waals surface area contributed by atoms with Crippen molar-refractivity contribution >= 4 is 43.6 Å². The zero-order valence-corrected chi connectivity index (χ0v) is 13.7. The molecule has 2 saturated heterocycles. The van der Waals surface area contributed by atoms with Crippen molar-refractivity contribution in [1.82, 2.24) is 10.2 Å². The molecule has 104 valence electrons. The third kappa shape index (κ3) is 2.90. The monoisotopic (exact) mass is 351 g/mol. The number of rotatable bonds is 0. The summed E-state index contributed by atoms with van der Waals surface area (Å²) in [5.74, 6) is -2.78. The normalized spacial score (nSPS) is 43.0. The Bertz CT molecular complexity index is 480. The molecule has 3 aliphatic heterocycles. The summed E-state index contributed by atoms with van der Waals surface area (Å²) in [5.41, 5.74) is 0. The van der Waals surface area contributed by atoms with Crippen LogP contribution in [0.25, 0.3) is 0 Å². The molecular weight excluding hydrogens is 338 g/mol. The third-order valence-corrected chi connectivity index (χ3v) is 12.9. The summed E-state index contributed by atoms with van der Waals surface area (Å²) in [4.78, 5) is 0. The van der Waals surface area contributed by atoms with Crippen LogP contribution >= 0.6 is 43.6 Å². The first-order chi connectivity index (χ1) is 8.54. The molecule has 0 saturated carbocycles. The van der Waals surface area contributed by atoms with Gasteiger partial charge < -0.3 is 9.05 Å². The Labute approximate surface area is 115 Å². The van der Waals surface area contributed by atoms with Gasteiger partial charge in [-0.25, -0.2) is 10.2 Å². The highest BCUT2D eigenvalue weighted by Gasteiger charge is 2.39. The van der Waals surface area contributed by atoms with E-state index in [2.05, 4.69) is 23.7 Å². The van der Waals surface area contributed by atoms with E-state index in [9.17, 15) is 0 Å². The van der Waals surface area contributed by atoms with Gasteiger partial charge in [-0.2, -0.15) is 13.5 Å². The zero-order valence-electron chi connectivity index (χ0n) is 9.50. The van der Waals surface area contributed by atoms with Gasteiger partial charge in [0.2, 0.25) is 0 Å². The molecule has 0 aromatic heterocycles. The predicted octanol–water partition coefficient (Wildman–Crippen LogP) is 4.34. The quantitative estimate of drug-likeness (QED) is 0.636. The Balaban J connectivity index is 2.10. The van der Waals surface area contributed by atoms with Gasteiger partial charge in [-0.15, -0.1) is 0 Å². The van der Waals surface area contributed by atoms with Crippen molar-refractivity contribution in [2.45, 2.75) is 12.8 Å². The van der Waals surface area contributed by atoms with Crippen LogP contribution in [0.4, 0.5) is 0 Å². The van der Waals surface area contributed by atoms with E-state index in [0.29, 0.717) is 13.2 Å². The third-order valence-electron chi connectivity index (χ3n) is 2.52. The molecule has 12 heteroatoms. The molecule has 18 heavy (non-hydrogen) atoms. The van der Waals surface area contributed by atoms with E-state index in [0.717, 1.165) is 25.9 Å². The van der Waals surface area contributed by atoms with Crippen molar-refractivity contribution in [1.29, 1.82) is 0 Å². The summed E-state index contributed by atoms with van der Waals surface area (Å²) in [6.07, 6.45) is 1.86. The van der Waals surface area contributed by atoms with Crippen molar-refractivity contribution in [3.05, 3.63) is 0 Å². The molecule has 2 fully saturated rings. The summed E-state index contributed by atoms with van der Waals surface area (Å²) in [5, 5.41) is 6.45. The van der Waals surface area contributed by atoms with Crippen LogP contribution in [0.3, 0.4) is 0 Å². The smallest absolute Gasteiger partial charge is 0.280 e. The van der Waals surface area contributed by atoms with Crippen LogP contribution in [-0.2, 0) is 9.05 Å². The molecule has 0 aliphatic carbocycles. The Morgan fingerprint density at radius 1 is 0.833 bits per heavy atom. The molecule has 0 aromatic carbocycles. The fraction of sp³-hybridized carbons (Fsp3) is 1.00. The Hall–Kier alpha value is 1.11. The summed E-state index contributed by atoms with van der Waals surface area (Å²) in [7, 11) is -4.97. The van der Waals surface area contributed by atoms with Crippen LogP contribution < -0.4 is 10.2 Å². The Morgan fingerprint density at radius 3 is 1.89 bits per heavy atom. The van der Waals surface area contributed by atoms with Crippen LogP contribution in [0.5, 0.6) is 0 Å². The highest BCUT2D eigenvalue weighted by Crippen LogP contribution is 2.81. The lowest BCUT2D eigenvalue weighted by Crippen LogP contribution is -2.24. The van der Waals surface area contributed by atoms with Crippen molar-refractivity contribution in [3.63, 3.8) is 0 Å². The molecular formula is C6H14Cl2N5O2P3. The van der Waals surface area contributed by atoms with E-state index in [1.807, 2.05) is 0 Å². The van der Waals surface area contributed by atoms with Gasteiger partial charge in [-0.3, -0.25) is 0 Å². The largest absolute Gasteiger partial charge is 0.316 e.